The monoisotopic (exact) mass is 444 g/mol. The van der Waals surface area contributed by atoms with Crippen molar-refractivity contribution < 1.29 is 17.6 Å². The Labute approximate surface area is 179 Å². The molecule has 0 spiro atoms. The topological polar surface area (TPSA) is 66.5 Å². The molecule has 30 heavy (non-hydrogen) atoms. The van der Waals surface area contributed by atoms with Gasteiger partial charge in [-0.15, -0.1) is 11.3 Å². The lowest BCUT2D eigenvalue weighted by Crippen LogP contribution is -2.38. The molecular weight excluding hydrogens is 423 g/mol. The van der Waals surface area contributed by atoms with E-state index < -0.39 is 15.8 Å². The van der Waals surface area contributed by atoms with Crippen LogP contribution in [-0.4, -0.2) is 25.8 Å². The molecule has 2 aromatic carbocycles. The third kappa shape index (κ3) is 3.85. The average Bonchev–Trinajstić information content (AvgIpc) is 3.20. The second-order valence-corrected chi connectivity index (χ2v) is 10.0. The van der Waals surface area contributed by atoms with Gasteiger partial charge in [0.05, 0.1) is 10.9 Å². The van der Waals surface area contributed by atoms with Gasteiger partial charge >= 0.3 is 0 Å². The second-order valence-electron chi connectivity index (χ2n) is 7.32. The molecule has 0 unspecified atom stereocenters. The van der Waals surface area contributed by atoms with Crippen LogP contribution in [0.1, 0.15) is 39.3 Å². The van der Waals surface area contributed by atoms with E-state index in [0.29, 0.717) is 17.8 Å². The van der Waals surface area contributed by atoms with Crippen LogP contribution in [0.15, 0.2) is 58.8 Å². The fraction of sp³-hybridized carbons (Fsp3) is 0.227. The lowest BCUT2D eigenvalue weighted by atomic mass is 10.0. The number of nitrogens with zero attached hydrogens (tertiary/aromatic N) is 1. The summed E-state index contributed by atoms with van der Waals surface area (Å²) in [4.78, 5) is 16.1. The van der Waals surface area contributed by atoms with Crippen LogP contribution in [0.5, 0.6) is 0 Å². The van der Waals surface area contributed by atoms with Crippen molar-refractivity contribution in [2.75, 3.05) is 11.3 Å². The van der Waals surface area contributed by atoms with Gasteiger partial charge in [0.15, 0.2) is 0 Å². The summed E-state index contributed by atoms with van der Waals surface area (Å²) in [5.74, 6) is -0.541. The highest BCUT2D eigenvalue weighted by molar-refractivity contribution is 7.92. The Morgan fingerprint density at radius 1 is 1.17 bits per heavy atom. The van der Waals surface area contributed by atoms with Gasteiger partial charge in [-0.3, -0.25) is 9.52 Å². The lowest BCUT2D eigenvalue weighted by molar-refractivity contribution is 0.0679. The van der Waals surface area contributed by atoms with Crippen LogP contribution < -0.4 is 4.72 Å². The zero-order chi connectivity index (χ0) is 21.5. The van der Waals surface area contributed by atoms with Gasteiger partial charge in [-0.05, 0) is 85.3 Å². The molecule has 8 heteroatoms. The molecule has 0 saturated carbocycles. The lowest BCUT2D eigenvalue weighted by Gasteiger charge is -2.33. The maximum atomic E-state index is 13.4. The Hall–Kier alpha value is -2.71. The van der Waals surface area contributed by atoms with E-state index in [1.807, 2.05) is 11.8 Å². The van der Waals surface area contributed by atoms with Crippen molar-refractivity contribution in [2.24, 2.45) is 0 Å². The number of benzene rings is 2. The highest BCUT2D eigenvalue weighted by Crippen LogP contribution is 2.33. The summed E-state index contributed by atoms with van der Waals surface area (Å²) in [6.07, 6.45) is 0.845. The van der Waals surface area contributed by atoms with Crippen molar-refractivity contribution in [2.45, 2.75) is 31.2 Å². The van der Waals surface area contributed by atoms with E-state index in [2.05, 4.69) is 16.2 Å². The molecule has 1 aliphatic rings. The molecule has 3 aromatic rings. The fourth-order valence-electron chi connectivity index (χ4n) is 3.63. The van der Waals surface area contributed by atoms with E-state index in [1.54, 1.807) is 35.6 Å². The van der Waals surface area contributed by atoms with Crippen molar-refractivity contribution in [3.05, 3.63) is 81.3 Å². The number of amides is 1. The summed E-state index contributed by atoms with van der Waals surface area (Å²) >= 11 is 1.72. The number of nitrogens with one attached hydrogen (secondary N) is 1. The average molecular weight is 445 g/mol. The molecule has 0 fully saturated rings. The zero-order valence-corrected chi connectivity index (χ0v) is 18.2. The number of halogens is 1. The van der Waals surface area contributed by atoms with E-state index in [1.165, 1.54) is 29.5 Å². The van der Waals surface area contributed by atoms with Gasteiger partial charge in [0.2, 0.25) is 0 Å². The maximum absolute atomic E-state index is 13.4. The highest BCUT2D eigenvalue weighted by atomic mass is 32.2. The first-order valence-electron chi connectivity index (χ1n) is 9.52. The largest absolute Gasteiger partial charge is 0.331 e. The van der Waals surface area contributed by atoms with Gasteiger partial charge in [0.1, 0.15) is 5.82 Å². The first-order valence-corrected chi connectivity index (χ1v) is 11.9. The molecule has 5 nitrogen and oxygen atoms in total. The molecule has 1 atom stereocenters. The van der Waals surface area contributed by atoms with Crippen molar-refractivity contribution in [3.63, 3.8) is 0 Å². The maximum Gasteiger partial charge on any atom is 0.261 e. The third-order valence-electron chi connectivity index (χ3n) is 5.36. The number of aryl methyl sites for hydroxylation is 1. The predicted molar refractivity (Wildman–Crippen MR) is 116 cm³/mol. The minimum absolute atomic E-state index is 0.00685. The number of carbonyl (C=O) groups is 1. The Bertz CT molecular complexity index is 1200. The third-order valence-corrected chi connectivity index (χ3v) is 7.74. The molecule has 1 aromatic heterocycles. The Balaban J connectivity index is 1.50. The number of thiophene rings is 1. The van der Waals surface area contributed by atoms with E-state index in [0.717, 1.165) is 12.5 Å². The summed E-state index contributed by atoms with van der Waals surface area (Å²) in [5.41, 5.74) is 2.28. The molecule has 2 heterocycles. The molecule has 0 saturated heterocycles. The second kappa shape index (κ2) is 7.85. The zero-order valence-electron chi connectivity index (χ0n) is 16.6. The molecule has 4 rings (SSSR count). The van der Waals surface area contributed by atoms with E-state index in [9.17, 15) is 17.6 Å². The summed E-state index contributed by atoms with van der Waals surface area (Å²) in [5, 5.41) is 2.05. The van der Waals surface area contributed by atoms with E-state index >= 15 is 0 Å². The number of hydrogen-bond acceptors (Lipinski definition) is 4. The summed E-state index contributed by atoms with van der Waals surface area (Å²) in [6.45, 7) is 4.19. The SMILES string of the molecule is Cc1cc(S(=O)(=O)Nc2ccc(C(=O)N3CCc4sccc4[C@@H]3C)cc2)ccc1F. The van der Waals surface area contributed by atoms with Crippen LogP contribution in [0.25, 0.3) is 0 Å². The quantitative estimate of drug-likeness (QED) is 0.631. The van der Waals surface area contributed by atoms with Gasteiger partial charge in [-0.1, -0.05) is 0 Å². The van der Waals surface area contributed by atoms with Gasteiger partial charge < -0.3 is 4.90 Å². The Kier molecular flexibility index (Phi) is 5.38. The van der Waals surface area contributed by atoms with Crippen LogP contribution in [-0.2, 0) is 16.4 Å². The van der Waals surface area contributed by atoms with Crippen LogP contribution in [0, 0.1) is 12.7 Å². The number of hydrogen-bond donors (Lipinski definition) is 1. The highest BCUT2D eigenvalue weighted by Gasteiger charge is 2.29. The number of fused-ring (bicyclic) bond motifs is 1. The molecule has 1 N–H and O–H groups in total. The van der Waals surface area contributed by atoms with Crippen LogP contribution in [0.4, 0.5) is 10.1 Å². The molecule has 0 radical (unpaired) electrons. The minimum atomic E-state index is -3.85. The summed E-state index contributed by atoms with van der Waals surface area (Å²) in [6, 6.07) is 12.1. The number of carbonyl (C=O) groups excluding carboxylic acids is 1. The van der Waals surface area contributed by atoms with E-state index in [4.69, 9.17) is 0 Å². The van der Waals surface area contributed by atoms with Gasteiger partial charge in [0.25, 0.3) is 15.9 Å². The van der Waals surface area contributed by atoms with Crippen LogP contribution >= 0.6 is 11.3 Å². The molecule has 156 valence electrons. The predicted octanol–water partition coefficient (Wildman–Crippen LogP) is 4.76. The number of sulfonamides is 1. The van der Waals surface area contributed by atoms with Gasteiger partial charge in [-0.2, -0.15) is 0 Å². The first-order chi connectivity index (χ1) is 14.3. The van der Waals surface area contributed by atoms with E-state index in [-0.39, 0.29) is 22.4 Å². The molecular formula is C22H21FN2O3S2. The summed E-state index contributed by atoms with van der Waals surface area (Å²) in [7, 11) is -3.85. The van der Waals surface area contributed by atoms with Crippen LogP contribution in [0.3, 0.4) is 0 Å². The van der Waals surface area contributed by atoms with Crippen molar-refractivity contribution in [1.29, 1.82) is 0 Å². The smallest absolute Gasteiger partial charge is 0.261 e. The molecule has 1 aliphatic heterocycles. The van der Waals surface area contributed by atoms with Crippen molar-refractivity contribution >= 4 is 33.0 Å². The molecule has 0 aliphatic carbocycles. The van der Waals surface area contributed by atoms with Gasteiger partial charge in [0, 0.05) is 22.7 Å². The molecule has 0 bridgehead atoms. The minimum Gasteiger partial charge on any atom is -0.331 e. The first kappa shape index (κ1) is 20.6. The molecule has 1 amide bonds. The normalized spacial score (nSPS) is 16.2. The van der Waals surface area contributed by atoms with Gasteiger partial charge in [-0.25, -0.2) is 12.8 Å². The number of rotatable bonds is 4. The Morgan fingerprint density at radius 2 is 1.90 bits per heavy atom. The van der Waals surface area contributed by atoms with Crippen molar-refractivity contribution in [3.8, 4) is 0 Å². The Morgan fingerprint density at radius 3 is 2.60 bits per heavy atom. The number of anilines is 1. The summed E-state index contributed by atoms with van der Waals surface area (Å²) < 4.78 is 41.0. The fourth-order valence-corrected chi connectivity index (χ4v) is 5.74. The van der Waals surface area contributed by atoms with Crippen LogP contribution in [0.2, 0.25) is 0 Å². The standard InChI is InChI=1S/C22H21FN2O3S2/c1-14-13-18(7-8-20(14)23)30(27,28)24-17-5-3-16(4-6-17)22(26)25-11-9-21-19(15(25)2)10-12-29-21/h3-8,10,12-13,15,24H,9,11H2,1-2H3/t15-/m0/s1. The van der Waals surface area contributed by atoms with Crippen molar-refractivity contribution in [1.82, 2.24) is 4.90 Å².